The van der Waals surface area contributed by atoms with Crippen molar-refractivity contribution >= 4 is 17.6 Å². The Morgan fingerprint density at radius 2 is 2.06 bits per heavy atom. The van der Waals surface area contributed by atoms with Crippen molar-refractivity contribution in [2.75, 3.05) is 5.32 Å². The molecule has 2 N–H and O–H groups in total. The minimum Gasteiger partial charge on any atom is -0.479 e. The standard InChI is InChI=1S/C13H17NO4/c1-3-6-12(13(16)17)18-11-8-5-4-7-10(11)14-9(2)15/h4-5,7-8,12H,3,6H2,1-2H3,(H,14,15)(H,16,17). The van der Waals surface area contributed by atoms with Crippen LogP contribution in [0, 0.1) is 0 Å². The summed E-state index contributed by atoms with van der Waals surface area (Å²) in [5.41, 5.74) is 0.479. The summed E-state index contributed by atoms with van der Waals surface area (Å²) in [5.74, 6) is -0.864. The lowest BCUT2D eigenvalue weighted by Gasteiger charge is -2.17. The zero-order chi connectivity index (χ0) is 13.5. The lowest BCUT2D eigenvalue weighted by Crippen LogP contribution is -2.27. The number of benzene rings is 1. The molecule has 1 atom stereocenters. The highest BCUT2D eigenvalue weighted by atomic mass is 16.5. The summed E-state index contributed by atoms with van der Waals surface area (Å²) in [6, 6.07) is 6.78. The van der Waals surface area contributed by atoms with E-state index in [9.17, 15) is 9.59 Å². The van der Waals surface area contributed by atoms with E-state index in [1.807, 2.05) is 6.92 Å². The predicted octanol–water partition coefficient (Wildman–Crippen LogP) is 2.28. The molecule has 18 heavy (non-hydrogen) atoms. The van der Waals surface area contributed by atoms with Crippen LogP contribution in [0.15, 0.2) is 24.3 Å². The summed E-state index contributed by atoms with van der Waals surface area (Å²) in [6.07, 6.45) is 0.230. The van der Waals surface area contributed by atoms with Gasteiger partial charge in [0.2, 0.25) is 5.91 Å². The van der Waals surface area contributed by atoms with Crippen LogP contribution >= 0.6 is 0 Å². The first-order valence-electron chi connectivity index (χ1n) is 5.80. The number of carbonyl (C=O) groups is 2. The maximum atomic E-state index is 11.0. The van der Waals surface area contributed by atoms with Crippen molar-refractivity contribution in [1.29, 1.82) is 0 Å². The summed E-state index contributed by atoms with van der Waals surface area (Å²) in [4.78, 5) is 22.0. The van der Waals surface area contributed by atoms with Crippen LogP contribution in [-0.4, -0.2) is 23.1 Å². The van der Waals surface area contributed by atoms with E-state index in [1.165, 1.54) is 6.92 Å². The van der Waals surface area contributed by atoms with Gasteiger partial charge in [-0.15, -0.1) is 0 Å². The molecular formula is C13H17NO4. The fourth-order valence-electron chi connectivity index (χ4n) is 1.51. The monoisotopic (exact) mass is 251 g/mol. The van der Waals surface area contributed by atoms with Crippen LogP contribution < -0.4 is 10.1 Å². The fraction of sp³-hybridized carbons (Fsp3) is 0.385. The average molecular weight is 251 g/mol. The number of nitrogens with one attached hydrogen (secondary N) is 1. The van der Waals surface area contributed by atoms with Gasteiger partial charge in [0, 0.05) is 6.92 Å². The van der Waals surface area contributed by atoms with Gasteiger partial charge in [-0.05, 0) is 18.6 Å². The van der Waals surface area contributed by atoms with Gasteiger partial charge in [-0.2, -0.15) is 0 Å². The van der Waals surface area contributed by atoms with E-state index < -0.39 is 12.1 Å². The Morgan fingerprint density at radius 3 is 2.61 bits per heavy atom. The van der Waals surface area contributed by atoms with Crippen LogP contribution in [-0.2, 0) is 9.59 Å². The number of carboxylic acids is 1. The molecular weight excluding hydrogens is 234 g/mol. The number of para-hydroxylation sites is 2. The molecule has 98 valence electrons. The van der Waals surface area contributed by atoms with Crippen molar-refractivity contribution in [1.82, 2.24) is 0 Å². The highest BCUT2D eigenvalue weighted by Gasteiger charge is 2.19. The largest absolute Gasteiger partial charge is 0.479 e. The number of carbonyl (C=O) groups excluding carboxylic acids is 1. The predicted molar refractivity (Wildman–Crippen MR) is 67.7 cm³/mol. The van der Waals surface area contributed by atoms with Crippen LogP contribution in [0.5, 0.6) is 5.75 Å². The van der Waals surface area contributed by atoms with Gasteiger partial charge >= 0.3 is 5.97 Å². The van der Waals surface area contributed by atoms with Gasteiger partial charge in [-0.1, -0.05) is 25.5 Å². The molecule has 0 spiro atoms. The summed E-state index contributed by atoms with van der Waals surface area (Å²) in [5, 5.41) is 11.6. The van der Waals surface area contributed by atoms with Crippen LogP contribution in [0.3, 0.4) is 0 Å². The van der Waals surface area contributed by atoms with E-state index in [-0.39, 0.29) is 5.91 Å². The Kier molecular flexibility index (Phi) is 5.17. The maximum Gasteiger partial charge on any atom is 0.344 e. The van der Waals surface area contributed by atoms with Gasteiger partial charge in [-0.3, -0.25) is 4.79 Å². The summed E-state index contributed by atoms with van der Waals surface area (Å²) >= 11 is 0. The number of aliphatic carboxylic acids is 1. The Morgan fingerprint density at radius 1 is 1.39 bits per heavy atom. The molecule has 0 heterocycles. The number of hydrogen-bond acceptors (Lipinski definition) is 3. The highest BCUT2D eigenvalue weighted by Crippen LogP contribution is 2.25. The summed E-state index contributed by atoms with van der Waals surface area (Å²) in [6.45, 7) is 3.27. The normalized spacial score (nSPS) is 11.7. The van der Waals surface area contributed by atoms with Crippen molar-refractivity contribution in [3.8, 4) is 5.75 Å². The molecule has 1 rings (SSSR count). The molecule has 5 nitrogen and oxygen atoms in total. The Hall–Kier alpha value is -2.04. The second-order valence-electron chi connectivity index (χ2n) is 3.91. The van der Waals surface area contributed by atoms with Crippen LogP contribution in [0.4, 0.5) is 5.69 Å². The average Bonchev–Trinajstić information content (AvgIpc) is 2.30. The molecule has 1 amide bonds. The second-order valence-corrected chi connectivity index (χ2v) is 3.91. The number of anilines is 1. The van der Waals surface area contributed by atoms with Crippen LogP contribution in [0.25, 0.3) is 0 Å². The van der Waals surface area contributed by atoms with Gasteiger partial charge in [-0.25, -0.2) is 4.79 Å². The third kappa shape index (κ3) is 4.08. The highest BCUT2D eigenvalue weighted by molar-refractivity contribution is 5.90. The molecule has 1 aromatic rings. The molecule has 0 radical (unpaired) electrons. The Bertz CT molecular complexity index is 431. The van der Waals surface area contributed by atoms with E-state index in [2.05, 4.69) is 5.32 Å². The fourth-order valence-corrected chi connectivity index (χ4v) is 1.51. The molecule has 5 heteroatoms. The molecule has 1 unspecified atom stereocenters. The molecule has 0 aromatic heterocycles. The van der Waals surface area contributed by atoms with Gasteiger partial charge in [0.25, 0.3) is 0 Å². The van der Waals surface area contributed by atoms with E-state index in [0.717, 1.165) is 0 Å². The molecule has 0 aliphatic heterocycles. The number of carboxylic acid groups (broad SMARTS) is 1. The van der Waals surface area contributed by atoms with Crippen LogP contribution in [0.2, 0.25) is 0 Å². The van der Waals surface area contributed by atoms with Crippen molar-refractivity contribution in [3.63, 3.8) is 0 Å². The molecule has 0 bridgehead atoms. The number of hydrogen-bond donors (Lipinski definition) is 2. The molecule has 1 aromatic carbocycles. The number of ether oxygens (including phenoxy) is 1. The van der Waals surface area contributed by atoms with Crippen molar-refractivity contribution in [2.45, 2.75) is 32.8 Å². The molecule has 0 saturated heterocycles. The van der Waals surface area contributed by atoms with E-state index >= 15 is 0 Å². The Labute approximate surface area is 106 Å². The van der Waals surface area contributed by atoms with Gasteiger partial charge in [0.15, 0.2) is 6.10 Å². The van der Waals surface area contributed by atoms with Gasteiger partial charge in [0.1, 0.15) is 5.75 Å². The van der Waals surface area contributed by atoms with E-state index in [1.54, 1.807) is 24.3 Å². The lowest BCUT2D eigenvalue weighted by molar-refractivity contribution is -0.145. The van der Waals surface area contributed by atoms with Crippen molar-refractivity contribution in [3.05, 3.63) is 24.3 Å². The second kappa shape index (κ2) is 6.64. The number of rotatable bonds is 6. The topological polar surface area (TPSA) is 75.6 Å². The molecule has 0 saturated carbocycles. The van der Waals surface area contributed by atoms with Gasteiger partial charge in [0.05, 0.1) is 5.69 Å². The maximum absolute atomic E-state index is 11.0. The SMILES string of the molecule is CCCC(Oc1ccccc1NC(C)=O)C(=O)O. The minimum atomic E-state index is -1.01. The minimum absolute atomic E-state index is 0.228. The first-order chi connectivity index (χ1) is 8.54. The lowest BCUT2D eigenvalue weighted by atomic mass is 10.2. The first-order valence-corrected chi connectivity index (χ1v) is 5.80. The van der Waals surface area contributed by atoms with Crippen molar-refractivity contribution in [2.24, 2.45) is 0 Å². The van der Waals surface area contributed by atoms with E-state index in [0.29, 0.717) is 24.3 Å². The first kappa shape index (κ1) is 14.0. The number of amides is 1. The smallest absolute Gasteiger partial charge is 0.344 e. The van der Waals surface area contributed by atoms with Crippen LogP contribution in [0.1, 0.15) is 26.7 Å². The molecule has 0 fully saturated rings. The van der Waals surface area contributed by atoms with Crippen molar-refractivity contribution < 1.29 is 19.4 Å². The zero-order valence-electron chi connectivity index (χ0n) is 10.5. The summed E-state index contributed by atoms with van der Waals surface area (Å²) < 4.78 is 5.43. The zero-order valence-corrected chi connectivity index (χ0v) is 10.5. The molecule has 0 aliphatic rings. The van der Waals surface area contributed by atoms with Gasteiger partial charge < -0.3 is 15.2 Å². The summed E-state index contributed by atoms with van der Waals surface area (Å²) in [7, 11) is 0. The Balaban J connectivity index is 2.87. The molecule has 0 aliphatic carbocycles. The van der Waals surface area contributed by atoms with E-state index in [4.69, 9.17) is 9.84 Å². The quantitative estimate of drug-likeness (QED) is 0.813. The third-order valence-electron chi connectivity index (χ3n) is 2.29. The third-order valence-corrected chi connectivity index (χ3v) is 2.29.